The van der Waals surface area contributed by atoms with Crippen LogP contribution in [-0.2, 0) is 5.54 Å². The minimum Gasteiger partial charge on any atom is -0.366 e. The molecule has 0 bridgehead atoms. The highest BCUT2D eigenvalue weighted by Crippen LogP contribution is 2.22. The number of carbonyl (C=O) groups is 2. The van der Waals surface area contributed by atoms with Crippen molar-refractivity contribution in [3.05, 3.63) is 64.7 Å². The fourth-order valence-electron chi connectivity index (χ4n) is 2.75. The van der Waals surface area contributed by atoms with Crippen LogP contribution in [0.2, 0.25) is 0 Å². The van der Waals surface area contributed by atoms with E-state index < -0.39 is 11.4 Å². The molecule has 2 aromatic rings. The molecule has 0 spiro atoms. The monoisotopic (exact) mass is 366 g/mol. The lowest BCUT2D eigenvalue weighted by Gasteiger charge is -2.27. The highest BCUT2D eigenvalue weighted by Gasteiger charge is 2.23. The van der Waals surface area contributed by atoms with Gasteiger partial charge in [-0.3, -0.25) is 9.79 Å². The van der Waals surface area contributed by atoms with Crippen molar-refractivity contribution in [2.24, 2.45) is 10.7 Å². The van der Waals surface area contributed by atoms with Crippen LogP contribution in [0.1, 0.15) is 47.8 Å². The molecule has 6 nitrogen and oxygen atoms in total. The number of anilines is 1. The first-order chi connectivity index (χ1) is 12.6. The zero-order chi connectivity index (χ0) is 20.2. The van der Waals surface area contributed by atoms with E-state index >= 15 is 0 Å². The van der Waals surface area contributed by atoms with Gasteiger partial charge in [-0.1, -0.05) is 24.3 Å². The zero-order valence-corrected chi connectivity index (χ0v) is 16.4. The second-order valence-electron chi connectivity index (χ2n) is 6.99. The van der Waals surface area contributed by atoms with Crippen LogP contribution in [0.4, 0.5) is 10.5 Å². The summed E-state index contributed by atoms with van der Waals surface area (Å²) in [6.45, 7) is 7.59. The van der Waals surface area contributed by atoms with Crippen molar-refractivity contribution in [1.82, 2.24) is 5.32 Å². The number of benzene rings is 2. The third-order valence-corrected chi connectivity index (χ3v) is 4.52. The molecule has 0 aliphatic rings. The molecule has 3 amide bonds. The van der Waals surface area contributed by atoms with Gasteiger partial charge in [0.05, 0.1) is 5.54 Å². The van der Waals surface area contributed by atoms with E-state index in [1.807, 2.05) is 45.0 Å². The maximum Gasteiger partial charge on any atom is 0.319 e. The first kappa shape index (κ1) is 20.2. The van der Waals surface area contributed by atoms with Crippen LogP contribution in [-0.4, -0.2) is 24.7 Å². The molecule has 0 aliphatic carbocycles. The smallest absolute Gasteiger partial charge is 0.319 e. The van der Waals surface area contributed by atoms with E-state index in [-0.39, 0.29) is 6.03 Å². The molecule has 4 N–H and O–H groups in total. The molecule has 142 valence electrons. The van der Waals surface area contributed by atoms with E-state index in [0.29, 0.717) is 11.3 Å². The van der Waals surface area contributed by atoms with Crippen molar-refractivity contribution in [3.63, 3.8) is 0 Å². The van der Waals surface area contributed by atoms with Crippen molar-refractivity contribution in [1.29, 1.82) is 0 Å². The lowest BCUT2D eigenvalue weighted by molar-refractivity contribution is 0.0999. The predicted molar refractivity (Wildman–Crippen MR) is 109 cm³/mol. The lowest BCUT2D eigenvalue weighted by Crippen LogP contribution is -2.43. The van der Waals surface area contributed by atoms with E-state index in [0.717, 1.165) is 22.4 Å². The molecule has 2 aromatic carbocycles. The first-order valence-corrected chi connectivity index (χ1v) is 8.68. The molecular weight excluding hydrogens is 340 g/mol. The molecule has 0 heterocycles. The highest BCUT2D eigenvalue weighted by molar-refractivity contribution is 5.99. The number of carbonyl (C=O) groups excluding carboxylic acids is 2. The number of amides is 3. The van der Waals surface area contributed by atoms with Gasteiger partial charge >= 0.3 is 6.03 Å². The van der Waals surface area contributed by atoms with Crippen LogP contribution in [0.3, 0.4) is 0 Å². The normalized spacial score (nSPS) is 11.8. The average molecular weight is 366 g/mol. The van der Waals surface area contributed by atoms with Crippen LogP contribution in [0.15, 0.2) is 47.5 Å². The SMILES string of the molecule is C/N=C(\C)c1cccc(C(C)(C)NC(=O)Nc2ccc(C)c(C(N)=O)c2)c1. The molecule has 6 heteroatoms. The summed E-state index contributed by atoms with van der Waals surface area (Å²) in [7, 11) is 1.75. The second-order valence-corrected chi connectivity index (χ2v) is 6.99. The Kier molecular flexibility index (Phi) is 6.00. The molecule has 0 fully saturated rings. The van der Waals surface area contributed by atoms with Crippen LogP contribution >= 0.6 is 0 Å². The number of rotatable bonds is 5. The number of nitrogens with two attached hydrogens (primary N) is 1. The van der Waals surface area contributed by atoms with Gasteiger partial charge in [-0.15, -0.1) is 0 Å². The third kappa shape index (κ3) is 4.94. The summed E-state index contributed by atoms with van der Waals surface area (Å²) in [6.07, 6.45) is 0. The summed E-state index contributed by atoms with van der Waals surface area (Å²) in [5, 5.41) is 5.72. The largest absolute Gasteiger partial charge is 0.366 e. The van der Waals surface area contributed by atoms with Gasteiger partial charge in [-0.2, -0.15) is 0 Å². The number of primary amides is 1. The van der Waals surface area contributed by atoms with Crippen molar-refractivity contribution in [2.45, 2.75) is 33.2 Å². The number of urea groups is 1. The predicted octanol–water partition coefficient (Wildman–Crippen LogP) is 3.59. The van der Waals surface area contributed by atoms with Gasteiger partial charge in [0.2, 0.25) is 5.91 Å². The number of aryl methyl sites for hydroxylation is 1. The van der Waals surface area contributed by atoms with Gasteiger partial charge in [0.1, 0.15) is 0 Å². The molecule has 0 aliphatic heterocycles. The van der Waals surface area contributed by atoms with E-state index in [9.17, 15) is 9.59 Å². The third-order valence-electron chi connectivity index (χ3n) is 4.52. The molecule has 0 saturated heterocycles. The number of aliphatic imine (C=N–C) groups is 1. The maximum atomic E-state index is 12.5. The fourth-order valence-corrected chi connectivity index (χ4v) is 2.75. The van der Waals surface area contributed by atoms with Gasteiger partial charge < -0.3 is 16.4 Å². The first-order valence-electron chi connectivity index (χ1n) is 8.68. The van der Waals surface area contributed by atoms with Crippen molar-refractivity contribution in [3.8, 4) is 0 Å². The van der Waals surface area contributed by atoms with Crippen LogP contribution in [0.5, 0.6) is 0 Å². The summed E-state index contributed by atoms with van der Waals surface area (Å²) >= 11 is 0. The summed E-state index contributed by atoms with van der Waals surface area (Å²) in [4.78, 5) is 28.2. The van der Waals surface area contributed by atoms with E-state index in [2.05, 4.69) is 15.6 Å². The average Bonchev–Trinajstić information content (AvgIpc) is 2.62. The standard InChI is InChI=1S/C21H26N4O2/c1-13-9-10-17(12-18(13)19(22)26)24-20(27)25-21(3,4)16-8-6-7-15(11-16)14(2)23-5/h6-12H,1-5H3,(H2,22,26)(H2,24,25,27)/b23-14+. The van der Waals surface area contributed by atoms with Gasteiger partial charge in [0.25, 0.3) is 0 Å². The van der Waals surface area contributed by atoms with Crippen LogP contribution in [0.25, 0.3) is 0 Å². The van der Waals surface area contributed by atoms with Gasteiger partial charge in [0.15, 0.2) is 0 Å². The summed E-state index contributed by atoms with van der Waals surface area (Å²) in [5.74, 6) is -0.526. The van der Waals surface area contributed by atoms with Gasteiger partial charge in [-0.25, -0.2) is 4.79 Å². The molecule has 0 unspecified atom stereocenters. The molecule has 0 radical (unpaired) electrons. The minimum atomic E-state index is -0.606. The lowest BCUT2D eigenvalue weighted by atomic mass is 9.92. The Bertz CT molecular complexity index is 901. The van der Waals surface area contributed by atoms with Gasteiger partial charge in [0, 0.05) is 24.0 Å². The maximum absolute atomic E-state index is 12.5. The Labute approximate surface area is 159 Å². The molecule has 0 atom stereocenters. The highest BCUT2D eigenvalue weighted by atomic mass is 16.2. The Hall–Kier alpha value is -3.15. The summed E-state index contributed by atoms with van der Waals surface area (Å²) < 4.78 is 0. The number of hydrogen-bond donors (Lipinski definition) is 3. The molecular formula is C21H26N4O2. The Morgan fingerprint density at radius 1 is 1.11 bits per heavy atom. The molecule has 0 aromatic heterocycles. The molecule has 27 heavy (non-hydrogen) atoms. The Morgan fingerprint density at radius 3 is 2.44 bits per heavy atom. The van der Waals surface area contributed by atoms with Crippen molar-refractivity contribution in [2.75, 3.05) is 12.4 Å². The van der Waals surface area contributed by atoms with E-state index in [1.165, 1.54) is 0 Å². The molecule has 0 saturated carbocycles. The number of hydrogen-bond acceptors (Lipinski definition) is 3. The van der Waals surface area contributed by atoms with Crippen molar-refractivity contribution < 1.29 is 9.59 Å². The second kappa shape index (κ2) is 8.03. The minimum absolute atomic E-state index is 0.370. The van der Waals surface area contributed by atoms with Crippen molar-refractivity contribution >= 4 is 23.3 Å². The zero-order valence-electron chi connectivity index (χ0n) is 16.4. The van der Waals surface area contributed by atoms with E-state index in [1.54, 1.807) is 32.2 Å². The quantitative estimate of drug-likeness (QED) is 0.705. The number of nitrogens with zero attached hydrogens (tertiary/aromatic N) is 1. The van der Waals surface area contributed by atoms with Crippen LogP contribution in [0, 0.1) is 6.92 Å². The fraction of sp³-hybridized carbons (Fsp3) is 0.286. The summed E-state index contributed by atoms with van der Waals surface area (Å²) in [5.41, 5.74) is 9.30. The topological polar surface area (TPSA) is 96.6 Å². The van der Waals surface area contributed by atoms with Crippen LogP contribution < -0.4 is 16.4 Å². The molecule has 2 rings (SSSR count). The van der Waals surface area contributed by atoms with E-state index in [4.69, 9.17) is 5.73 Å². The Morgan fingerprint density at radius 2 is 1.81 bits per heavy atom. The Balaban J connectivity index is 2.17. The number of nitrogens with one attached hydrogen (secondary N) is 2. The van der Waals surface area contributed by atoms with Gasteiger partial charge in [-0.05, 0) is 62.6 Å². The summed E-state index contributed by atoms with van der Waals surface area (Å²) in [6, 6.07) is 12.6.